The maximum absolute atomic E-state index is 12.4. The topological polar surface area (TPSA) is 55.2 Å². The Balaban J connectivity index is 1.53. The highest BCUT2D eigenvalue weighted by Gasteiger charge is 2.23. The Labute approximate surface area is 141 Å². The van der Waals surface area contributed by atoms with Crippen molar-refractivity contribution in [3.8, 4) is 0 Å². The molecule has 1 aliphatic rings. The summed E-state index contributed by atoms with van der Waals surface area (Å²) in [6.07, 6.45) is 3.09. The van der Waals surface area contributed by atoms with Crippen LogP contribution >= 0.6 is 0 Å². The van der Waals surface area contributed by atoms with Crippen LogP contribution in [-0.4, -0.2) is 33.7 Å². The number of likely N-dealkylation sites (tertiary alicyclic amines) is 1. The minimum atomic E-state index is -0.229. The lowest BCUT2D eigenvalue weighted by molar-refractivity contribution is -0.133. The van der Waals surface area contributed by atoms with Crippen molar-refractivity contribution >= 4 is 5.91 Å². The van der Waals surface area contributed by atoms with Crippen LogP contribution in [0.3, 0.4) is 0 Å². The van der Waals surface area contributed by atoms with Crippen LogP contribution in [0.2, 0.25) is 0 Å². The van der Waals surface area contributed by atoms with Crippen molar-refractivity contribution in [1.29, 1.82) is 0 Å². The first kappa shape index (κ1) is 16.4. The summed E-state index contributed by atoms with van der Waals surface area (Å²) in [5.41, 5.74) is 1.87. The second-order valence-corrected chi connectivity index (χ2v) is 6.48. The van der Waals surface area contributed by atoms with E-state index in [1.54, 1.807) is 6.07 Å². The van der Waals surface area contributed by atoms with Crippen molar-refractivity contribution in [3.63, 3.8) is 0 Å². The third-order valence-electron chi connectivity index (χ3n) is 4.62. The number of hydrogen-bond donors (Lipinski definition) is 0. The minimum Gasteiger partial charge on any atom is -0.341 e. The fourth-order valence-corrected chi connectivity index (χ4v) is 3.23. The number of benzene rings is 1. The Bertz CT molecular complexity index is 747. The molecule has 24 heavy (non-hydrogen) atoms. The molecule has 3 rings (SSSR count). The van der Waals surface area contributed by atoms with Crippen molar-refractivity contribution in [2.24, 2.45) is 5.92 Å². The molecule has 1 aromatic heterocycles. The highest BCUT2D eigenvalue weighted by Crippen LogP contribution is 2.21. The largest absolute Gasteiger partial charge is 0.341 e. The second-order valence-electron chi connectivity index (χ2n) is 6.48. The molecular weight excluding hydrogens is 302 g/mol. The predicted molar refractivity (Wildman–Crippen MR) is 92.7 cm³/mol. The van der Waals surface area contributed by atoms with Crippen LogP contribution in [-0.2, 0) is 17.8 Å². The smallest absolute Gasteiger partial charge is 0.267 e. The lowest BCUT2D eigenvalue weighted by Gasteiger charge is -2.32. The van der Waals surface area contributed by atoms with Crippen LogP contribution in [0.4, 0.5) is 0 Å². The molecule has 0 aliphatic carbocycles. The first-order chi connectivity index (χ1) is 11.6. The third-order valence-corrected chi connectivity index (χ3v) is 4.62. The molecule has 1 aromatic carbocycles. The lowest BCUT2D eigenvalue weighted by Crippen LogP contribution is -2.42. The zero-order chi connectivity index (χ0) is 16.9. The van der Waals surface area contributed by atoms with E-state index in [0.717, 1.165) is 38.0 Å². The number of amides is 1. The molecular formula is C19H23N3O2. The highest BCUT2D eigenvalue weighted by molar-refractivity contribution is 5.75. The molecule has 0 saturated carbocycles. The molecule has 0 unspecified atom stereocenters. The Morgan fingerprint density at radius 2 is 1.83 bits per heavy atom. The third kappa shape index (κ3) is 4.10. The standard InChI is InChI=1S/C19H23N3O2/c1-15-7-8-18(23)22(20-15)14-19(24)21-11-9-17(10-12-21)13-16-5-3-2-4-6-16/h2-8,17H,9-14H2,1H3. The van der Waals surface area contributed by atoms with Crippen LogP contribution in [0.25, 0.3) is 0 Å². The fraction of sp³-hybridized carbons (Fsp3) is 0.421. The zero-order valence-corrected chi connectivity index (χ0v) is 14.0. The summed E-state index contributed by atoms with van der Waals surface area (Å²) in [4.78, 5) is 26.1. The summed E-state index contributed by atoms with van der Waals surface area (Å²) in [5.74, 6) is 0.602. The molecule has 5 nitrogen and oxygen atoms in total. The van der Waals surface area contributed by atoms with Crippen LogP contribution < -0.4 is 5.56 Å². The minimum absolute atomic E-state index is 0.0200. The summed E-state index contributed by atoms with van der Waals surface area (Å²) in [7, 11) is 0. The molecule has 2 heterocycles. The fourth-order valence-electron chi connectivity index (χ4n) is 3.23. The number of carbonyl (C=O) groups is 1. The summed E-state index contributed by atoms with van der Waals surface area (Å²) in [6.45, 7) is 3.37. The van der Waals surface area contributed by atoms with Gasteiger partial charge in [-0.3, -0.25) is 9.59 Å². The molecule has 126 valence electrons. The first-order valence-corrected chi connectivity index (χ1v) is 8.48. The quantitative estimate of drug-likeness (QED) is 0.864. The zero-order valence-electron chi connectivity index (χ0n) is 14.0. The Morgan fingerprint density at radius 3 is 2.54 bits per heavy atom. The number of rotatable bonds is 4. The van der Waals surface area contributed by atoms with Crippen LogP contribution in [0.15, 0.2) is 47.3 Å². The molecule has 5 heteroatoms. The van der Waals surface area contributed by atoms with Gasteiger partial charge in [0.15, 0.2) is 0 Å². The van der Waals surface area contributed by atoms with E-state index < -0.39 is 0 Å². The summed E-state index contributed by atoms with van der Waals surface area (Å²) in [5, 5.41) is 4.13. The molecule has 1 aliphatic heterocycles. The van der Waals surface area contributed by atoms with E-state index in [1.165, 1.54) is 16.3 Å². The van der Waals surface area contributed by atoms with E-state index in [2.05, 4.69) is 29.4 Å². The molecule has 0 N–H and O–H groups in total. The van der Waals surface area contributed by atoms with E-state index in [-0.39, 0.29) is 18.0 Å². The Hall–Kier alpha value is -2.43. The number of carbonyl (C=O) groups excluding carboxylic acids is 1. The van der Waals surface area contributed by atoms with Gasteiger partial charge in [0.2, 0.25) is 5.91 Å². The van der Waals surface area contributed by atoms with Gasteiger partial charge in [0.25, 0.3) is 5.56 Å². The van der Waals surface area contributed by atoms with Gasteiger partial charge in [-0.25, -0.2) is 4.68 Å². The Morgan fingerprint density at radius 1 is 1.12 bits per heavy atom. The monoisotopic (exact) mass is 325 g/mol. The molecule has 0 atom stereocenters. The van der Waals surface area contributed by atoms with Gasteiger partial charge in [-0.15, -0.1) is 0 Å². The van der Waals surface area contributed by atoms with Crippen molar-refractivity contribution in [2.45, 2.75) is 32.7 Å². The van der Waals surface area contributed by atoms with Gasteiger partial charge in [-0.05, 0) is 43.7 Å². The maximum Gasteiger partial charge on any atom is 0.267 e. The molecule has 1 amide bonds. The van der Waals surface area contributed by atoms with E-state index in [1.807, 2.05) is 17.9 Å². The molecule has 0 bridgehead atoms. The summed E-state index contributed by atoms with van der Waals surface area (Å²) < 4.78 is 1.26. The van der Waals surface area contributed by atoms with E-state index in [4.69, 9.17) is 0 Å². The van der Waals surface area contributed by atoms with Gasteiger partial charge in [0.05, 0.1) is 5.69 Å². The van der Waals surface area contributed by atoms with Crippen molar-refractivity contribution < 1.29 is 4.79 Å². The van der Waals surface area contributed by atoms with Gasteiger partial charge >= 0.3 is 0 Å². The predicted octanol–water partition coefficient (Wildman–Crippen LogP) is 2.03. The molecule has 1 saturated heterocycles. The van der Waals surface area contributed by atoms with Crippen molar-refractivity contribution in [2.75, 3.05) is 13.1 Å². The second kappa shape index (κ2) is 7.43. The number of nitrogens with zero attached hydrogens (tertiary/aromatic N) is 3. The average molecular weight is 325 g/mol. The highest BCUT2D eigenvalue weighted by atomic mass is 16.2. The van der Waals surface area contributed by atoms with Gasteiger partial charge in [0.1, 0.15) is 6.54 Å². The summed E-state index contributed by atoms with van der Waals surface area (Å²) in [6, 6.07) is 13.6. The van der Waals surface area contributed by atoms with Gasteiger partial charge in [-0.1, -0.05) is 30.3 Å². The maximum atomic E-state index is 12.4. The number of aryl methyl sites for hydroxylation is 1. The normalized spacial score (nSPS) is 15.5. The van der Waals surface area contributed by atoms with Gasteiger partial charge < -0.3 is 4.90 Å². The van der Waals surface area contributed by atoms with E-state index >= 15 is 0 Å². The van der Waals surface area contributed by atoms with Crippen LogP contribution in [0.5, 0.6) is 0 Å². The van der Waals surface area contributed by atoms with Crippen LogP contribution in [0, 0.1) is 12.8 Å². The number of hydrogen-bond acceptors (Lipinski definition) is 3. The first-order valence-electron chi connectivity index (χ1n) is 8.48. The van der Waals surface area contributed by atoms with Gasteiger partial charge in [0, 0.05) is 19.2 Å². The number of piperidine rings is 1. The molecule has 0 radical (unpaired) electrons. The van der Waals surface area contributed by atoms with Crippen molar-refractivity contribution in [3.05, 3.63) is 64.1 Å². The van der Waals surface area contributed by atoms with E-state index in [9.17, 15) is 9.59 Å². The van der Waals surface area contributed by atoms with Gasteiger partial charge in [-0.2, -0.15) is 5.10 Å². The average Bonchev–Trinajstić information content (AvgIpc) is 2.60. The van der Waals surface area contributed by atoms with Crippen LogP contribution in [0.1, 0.15) is 24.1 Å². The Kier molecular flexibility index (Phi) is 5.08. The summed E-state index contributed by atoms with van der Waals surface area (Å²) >= 11 is 0. The van der Waals surface area contributed by atoms with Crippen molar-refractivity contribution in [1.82, 2.24) is 14.7 Å². The number of aromatic nitrogens is 2. The van der Waals surface area contributed by atoms with E-state index in [0.29, 0.717) is 5.92 Å². The SMILES string of the molecule is Cc1ccc(=O)n(CC(=O)N2CCC(Cc3ccccc3)CC2)n1. The molecule has 2 aromatic rings. The molecule has 1 fully saturated rings. The molecule has 0 spiro atoms. The lowest BCUT2D eigenvalue weighted by atomic mass is 9.90.